The molecule has 1 aromatic carbocycles. The monoisotopic (exact) mass is 672 g/mol. The zero-order chi connectivity index (χ0) is 34.3. The molecule has 1 N–H and O–H groups in total. The minimum Gasteiger partial charge on any atom is -0.438 e. The van der Waals surface area contributed by atoms with Crippen LogP contribution in [0.1, 0.15) is 79.6 Å². The molecular formula is C37H52O9S. The molecule has 0 amide bonds. The Morgan fingerprint density at radius 3 is 2.23 bits per heavy atom. The highest BCUT2D eigenvalue weighted by atomic mass is 32.2. The van der Waals surface area contributed by atoms with Crippen LogP contribution in [0.2, 0.25) is 0 Å². The normalized spacial score (nSPS) is 33.6. The second-order valence-corrected chi connectivity index (χ2v) is 17.2. The van der Waals surface area contributed by atoms with Crippen molar-refractivity contribution in [3.8, 4) is 0 Å². The topological polar surface area (TPSA) is 125 Å². The summed E-state index contributed by atoms with van der Waals surface area (Å²) in [5.41, 5.74) is 1.69. The maximum absolute atomic E-state index is 14.2. The summed E-state index contributed by atoms with van der Waals surface area (Å²) in [6.07, 6.45) is 5.49. The Morgan fingerprint density at radius 1 is 0.936 bits per heavy atom. The summed E-state index contributed by atoms with van der Waals surface area (Å²) in [4.78, 5) is 24.7. The first-order valence-electron chi connectivity index (χ1n) is 17.1. The first kappa shape index (κ1) is 35.5. The van der Waals surface area contributed by atoms with Gasteiger partial charge < -0.3 is 24.1 Å². The van der Waals surface area contributed by atoms with Crippen molar-refractivity contribution in [3.05, 3.63) is 53.6 Å². The first-order valence-corrected chi connectivity index (χ1v) is 18.6. The van der Waals surface area contributed by atoms with E-state index < -0.39 is 51.1 Å². The average Bonchev–Trinajstić information content (AvgIpc) is 3.38. The molecule has 10 atom stereocenters. The van der Waals surface area contributed by atoms with Gasteiger partial charge in [-0.15, -0.1) is 0 Å². The molecular weight excluding hydrogens is 620 g/mol. The second-order valence-electron chi connectivity index (χ2n) is 15.0. The van der Waals surface area contributed by atoms with E-state index in [9.17, 15) is 23.1 Å². The number of hydrogen-bond acceptors (Lipinski definition) is 9. The van der Waals surface area contributed by atoms with E-state index in [1.807, 2.05) is 20.8 Å². The summed E-state index contributed by atoms with van der Waals surface area (Å²) < 4.78 is 49.6. The van der Waals surface area contributed by atoms with E-state index in [1.165, 1.54) is 19.8 Å². The lowest BCUT2D eigenvalue weighted by molar-refractivity contribution is -0.0833. The number of aliphatic hydroxyl groups is 1. The number of carbonyl (C=O) groups is 2. The lowest BCUT2D eigenvalue weighted by Crippen LogP contribution is -2.54. The van der Waals surface area contributed by atoms with Gasteiger partial charge in [-0.25, -0.2) is 18.0 Å². The van der Waals surface area contributed by atoms with Gasteiger partial charge in [0.25, 0.3) is 0 Å². The third kappa shape index (κ3) is 6.36. The summed E-state index contributed by atoms with van der Waals surface area (Å²) in [7, 11) is -1.26. The molecule has 2 unspecified atom stereocenters. The Balaban J connectivity index is 1.48. The van der Waals surface area contributed by atoms with E-state index in [2.05, 4.69) is 26.0 Å². The summed E-state index contributed by atoms with van der Waals surface area (Å²) in [6, 6.07) is 8.55. The van der Waals surface area contributed by atoms with Gasteiger partial charge in [-0.1, -0.05) is 76.1 Å². The van der Waals surface area contributed by atoms with Crippen LogP contribution in [0, 0.1) is 40.4 Å². The standard InChI is InChI=1S/C37H52O9S/c1-22(2)19-31(38)33(47(41,42)26-11-9-8-10-12-26)23(3)28-15-16-29-27-14-13-24-20-25(45-34(39)43-6)21-32(46-35(40)44-7)37(24,5)30(27)17-18-36(28,29)4/h8-14,22-23,25,28-33,38H,15-21H2,1-7H3/t23-,25+,28+,29-,30-,31?,32-,33?,36+,37-/m0/s1. The maximum atomic E-state index is 14.2. The van der Waals surface area contributed by atoms with E-state index in [-0.39, 0.29) is 39.9 Å². The van der Waals surface area contributed by atoms with Crippen LogP contribution in [0.15, 0.2) is 58.5 Å². The third-order valence-corrected chi connectivity index (χ3v) is 14.6. The molecule has 0 spiro atoms. The lowest BCUT2D eigenvalue weighted by Gasteiger charge is -2.57. The van der Waals surface area contributed by atoms with Gasteiger partial charge in [-0.3, -0.25) is 0 Å². The number of benzene rings is 1. The maximum Gasteiger partial charge on any atom is 0.508 e. The summed E-state index contributed by atoms with van der Waals surface area (Å²) >= 11 is 0. The summed E-state index contributed by atoms with van der Waals surface area (Å²) in [6.45, 7) is 10.5. The molecule has 9 nitrogen and oxygen atoms in total. The lowest BCUT2D eigenvalue weighted by atomic mass is 9.49. The number of ether oxygens (including phenoxy) is 4. The molecule has 5 rings (SSSR count). The number of fused-ring (bicyclic) bond motifs is 5. The SMILES string of the molecule is COC(=O)O[C@@H]1CC2=CC=C3[C@@H]4CC[C@H]([C@H](C)C(C(O)CC(C)C)S(=O)(=O)c5ccccc5)[C@@]4(C)CC[C@@H]3[C@@]2(C)[C@@H](OC(=O)OC)C1. The van der Waals surface area contributed by atoms with Crippen molar-refractivity contribution in [2.45, 2.75) is 108 Å². The average molecular weight is 673 g/mol. The highest BCUT2D eigenvalue weighted by Crippen LogP contribution is 2.66. The van der Waals surface area contributed by atoms with Crippen LogP contribution in [0.4, 0.5) is 9.59 Å². The van der Waals surface area contributed by atoms with Gasteiger partial charge in [0.1, 0.15) is 12.2 Å². The minimum absolute atomic E-state index is 0.0872. The van der Waals surface area contributed by atoms with Crippen LogP contribution in [-0.2, 0) is 28.8 Å². The molecule has 260 valence electrons. The Morgan fingerprint density at radius 2 is 1.60 bits per heavy atom. The molecule has 4 aliphatic rings. The zero-order valence-corrected chi connectivity index (χ0v) is 29.6. The number of methoxy groups -OCH3 is 2. The number of hydrogen-bond donors (Lipinski definition) is 1. The Labute approximate surface area is 280 Å². The smallest absolute Gasteiger partial charge is 0.438 e. The molecule has 3 saturated carbocycles. The molecule has 0 aromatic heterocycles. The van der Waals surface area contributed by atoms with Crippen LogP contribution in [0.3, 0.4) is 0 Å². The van der Waals surface area contributed by atoms with Gasteiger partial charge in [0, 0.05) is 18.3 Å². The minimum atomic E-state index is -3.81. The number of aliphatic hydroxyl groups excluding tert-OH is 1. The van der Waals surface area contributed by atoms with Crippen LogP contribution >= 0.6 is 0 Å². The predicted molar refractivity (Wildman–Crippen MR) is 177 cm³/mol. The van der Waals surface area contributed by atoms with E-state index in [0.717, 1.165) is 31.3 Å². The molecule has 47 heavy (non-hydrogen) atoms. The van der Waals surface area contributed by atoms with E-state index >= 15 is 0 Å². The van der Waals surface area contributed by atoms with Gasteiger partial charge in [0.15, 0.2) is 9.84 Å². The molecule has 10 heteroatoms. The van der Waals surface area contributed by atoms with E-state index in [0.29, 0.717) is 19.3 Å². The Bertz CT molecular complexity index is 1480. The molecule has 0 aliphatic heterocycles. The van der Waals surface area contributed by atoms with Gasteiger partial charge in [-0.2, -0.15) is 0 Å². The van der Waals surface area contributed by atoms with Crippen molar-refractivity contribution in [2.24, 2.45) is 40.4 Å². The van der Waals surface area contributed by atoms with Crippen molar-refractivity contribution in [2.75, 3.05) is 14.2 Å². The Hall–Kier alpha value is -2.85. The quantitative estimate of drug-likeness (QED) is 0.269. The van der Waals surface area contributed by atoms with Gasteiger partial charge in [-0.05, 0) is 79.2 Å². The summed E-state index contributed by atoms with van der Waals surface area (Å²) in [5.74, 6) is 0.277. The number of carbonyl (C=O) groups excluding carboxylic acids is 2. The van der Waals surface area contributed by atoms with Crippen molar-refractivity contribution in [3.63, 3.8) is 0 Å². The predicted octanol–water partition coefficient (Wildman–Crippen LogP) is 7.28. The van der Waals surface area contributed by atoms with E-state index in [4.69, 9.17) is 18.9 Å². The van der Waals surface area contributed by atoms with Gasteiger partial charge >= 0.3 is 12.3 Å². The van der Waals surface area contributed by atoms with E-state index in [1.54, 1.807) is 30.3 Å². The third-order valence-electron chi connectivity index (χ3n) is 12.2. The highest BCUT2D eigenvalue weighted by molar-refractivity contribution is 7.92. The number of sulfone groups is 1. The van der Waals surface area contributed by atoms with Gasteiger partial charge in [0.05, 0.1) is 30.5 Å². The number of rotatable bonds is 9. The zero-order valence-electron chi connectivity index (χ0n) is 28.8. The van der Waals surface area contributed by atoms with Crippen LogP contribution < -0.4 is 0 Å². The van der Waals surface area contributed by atoms with Crippen molar-refractivity contribution >= 4 is 22.1 Å². The molecule has 0 heterocycles. The van der Waals surface area contributed by atoms with Crippen LogP contribution in [0.25, 0.3) is 0 Å². The van der Waals surface area contributed by atoms with Crippen LogP contribution in [-0.4, -0.2) is 63.6 Å². The molecule has 3 fully saturated rings. The summed E-state index contributed by atoms with van der Waals surface area (Å²) in [5, 5.41) is 10.6. The van der Waals surface area contributed by atoms with Crippen molar-refractivity contribution in [1.82, 2.24) is 0 Å². The molecule has 0 radical (unpaired) electrons. The fourth-order valence-corrected chi connectivity index (χ4v) is 12.1. The van der Waals surface area contributed by atoms with Crippen molar-refractivity contribution < 1.29 is 42.1 Å². The first-order chi connectivity index (χ1) is 22.2. The molecule has 1 aromatic rings. The van der Waals surface area contributed by atoms with Crippen LogP contribution in [0.5, 0.6) is 0 Å². The molecule has 0 bridgehead atoms. The van der Waals surface area contributed by atoms with Crippen molar-refractivity contribution in [1.29, 1.82) is 0 Å². The fourth-order valence-electron chi connectivity index (χ4n) is 9.97. The largest absolute Gasteiger partial charge is 0.508 e. The molecule has 0 saturated heterocycles. The van der Waals surface area contributed by atoms with Gasteiger partial charge in [0.2, 0.25) is 0 Å². The number of allylic oxidation sites excluding steroid dienone is 3. The second kappa shape index (κ2) is 13.6. The Kier molecular flexibility index (Phi) is 10.2. The molecule has 4 aliphatic carbocycles. The fraction of sp³-hybridized carbons (Fsp3) is 0.676. The highest BCUT2D eigenvalue weighted by Gasteiger charge is 2.61.